The fraction of sp³-hybridized carbons (Fsp3) is 0.385. The monoisotopic (exact) mass is 262 g/mol. The molecule has 0 saturated carbocycles. The molecule has 0 radical (unpaired) electrons. The molecule has 2 aromatic rings. The van der Waals surface area contributed by atoms with E-state index in [0.717, 1.165) is 18.2 Å². The number of rotatable bonds is 5. The van der Waals surface area contributed by atoms with E-state index in [4.69, 9.17) is 0 Å². The van der Waals surface area contributed by atoms with Crippen molar-refractivity contribution in [3.05, 3.63) is 34.8 Å². The predicted molar refractivity (Wildman–Crippen MR) is 77.2 cm³/mol. The van der Waals surface area contributed by atoms with Crippen molar-refractivity contribution in [3.8, 4) is 0 Å². The van der Waals surface area contributed by atoms with Crippen molar-refractivity contribution in [3.63, 3.8) is 0 Å². The lowest BCUT2D eigenvalue weighted by Gasteiger charge is -2.27. The minimum atomic E-state index is 0.383. The average molecular weight is 262 g/mol. The summed E-state index contributed by atoms with van der Waals surface area (Å²) in [6, 6.07) is 4.61. The molecular weight excluding hydrogens is 244 g/mol. The van der Waals surface area contributed by atoms with Gasteiger partial charge in [-0.15, -0.1) is 11.3 Å². The van der Waals surface area contributed by atoms with Crippen molar-refractivity contribution in [2.75, 3.05) is 17.3 Å². The fourth-order valence-electron chi connectivity index (χ4n) is 1.71. The minimum absolute atomic E-state index is 0.383. The second-order valence-corrected chi connectivity index (χ2v) is 5.35. The highest BCUT2D eigenvalue weighted by atomic mass is 32.1. The number of thiophene rings is 1. The number of anilines is 2. The van der Waals surface area contributed by atoms with Crippen LogP contribution in [-0.2, 0) is 6.54 Å². The normalized spacial score (nSPS) is 10.7. The highest BCUT2D eigenvalue weighted by Gasteiger charge is 2.13. The molecule has 0 bridgehead atoms. The maximum atomic E-state index is 4.55. The topological polar surface area (TPSA) is 41.1 Å². The van der Waals surface area contributed by atoms with E-state index in [1.165, 1.54) is 4.88 Å². The molecule has 5 heteroatoms. The van der Waals surface area contributed by atoms with Crippen molar-refractivity contribution >= 4 is 23.0 Å². The lowest BCUT2D eigenvalue weighted by atomic mass is 10.3. The number of nitrogens with one attached hydrogen (secondary N) is 1. The summed E-state index contributed by atoms with van der Waals surface area (Å²) in [5.74, 6) is 1.70. The SMILES string of the molecule is CNc1cncc(N(Cc2cccs2)C(C)C)n1. The van der Waals surface area contributed by atoms with Crippen LogP contribution in [0.1, 0.15) is 18.7 Å². The van der Waals surface area contributed by atoms with E-state index < -0.39 is 0 Å². The van der Waals surface area contributed by atoms with Gasteiger partial charge in [0.15, 0.2) is 0 Å². The summed E-state index contributed by atoms with van der Waals surface area (Å²) in [7, 11) is 1.85. The van der Waals surface area contributed by atoms with E-state index in [1.807, 2.05) is 13.2 Å². The quantitative estimate of drug-likeness (QED) is 0.899. The van der Waals surface area contributed by atoms with E-state index in [9.17, 15) is 0 Å². The molecular formula is C13H18N4S. The third kappa shape index (κ3) is 2.98. The van der Waals surface area contributed by atoms with E-state index >= 15 is 0 Å². The molecule has 0 amide bonds. The Labute approximate surface area is 112 Å². The first-order valence-electron chi connectivity index (χ1n) is 5.99. The summed E-state index contributed by atoms with van der Waals surface area (Å²) in [5, 5.41) is 5.12. The molecule has 96 valence electrons. The summed E-state index contributed by atoms with van der Waals surface area (Å²) in [6.45, 7) is 5.21. The van der Waals surface area contributed by atoms with Crippen LogP contribution in [0.15, 0.2) is 29.9 Å². The first kappa shape index (κ1) is 12.8. The molecule has 1 N–H and O–H groups in total. The maximum absolute atomic E-state index is 4.55. The molecule has 0 aliphatic heterocycles. The van der Waals surface area contributed by atoms with Crippen LogP contribution in [0.3, 0.4) is 0 Å². The first-order valence-corrected chi connectivity index (χ1v) is 6.87. The van der Waals surface area contributed by atoms with Crippen LogP contribution in [0.2, 0.25) is 0 Å². The molecule has 4 nitrogen and oxygen atoms in total. The van der Waals surface area contributed by atoms with Crippen LogP contribution in [0, 0.1) is 0 Å². The largest absolute Gasteiger partial charge is 0.372 e. The van der Waals surface area contributed by atoms with E-state index in [1.54, 1.807) is 17.5 Å². The second-order valence-electron chi connectivity index (χ2n) is 4.31. The molecule has 0 aliphatic carbocycles. The van der Waals surface area contributed by atoms with E-state index in [2.05, 4.69) is 51.5 Å². The summed E-state index contributed by atoms with van der Waals surface area (Å²) in [5.41, 5.74) is 0. The Kier molecular flexibility index (Phi) is 4.15. The zero-order valence-electron chi connectivity index (χ0n) is 10.9. The predicted octanol–water partition coefficient (Wildman–Crippen LogP) is 2.99. The minimum Gasteiger partial charge on any atom is -0.372 e. The molecule has 0 spiro atoms. The highest BCUT2D eigenvalue weighted by molar-refractivity contribution is 7.09. The van der Waals surface area contributed by atoms with Gasteiger partial charge in [-0.05, 0) is 25.3 Å². The Morgan fingerprint density at radius 3 is 2.83 bits per heavy atom. The molecule has 0 atom stereocenters. The van der Waals surface area contributed by atoms with Crippen LogP contribution in [0.25, 0.3) is 0 Å². The van der Waals surface area contributed by atoms with Crippen LogP contribution in [0.4, 0.5) is 11.6 Å². The Morgan fingerprint density at radius 1 is 1.39 bits per heavy atom. The summed E-state index contributed by atoms with van der Waals surface area (Å²) >= 11 is 1.77. The number of hydrogen-bond donors (Lipinski definition) is 1. The van der Waals surface area contributed by atoms with Gasteiger partial charge in [-0.1, -0.05) is 6.07 Å². The van der Waals surface area contributed by atoms with Gasteiger partial charge in [-0.25, -0.2) is 4.98 Å². The van der Waals surface area contributed by atoms with Gasteiger partial charge in [0, 0.05) is 18.0 Å². The van der Waals surface area contributed by atoms with Gasteiger partial charge in [-0.3, -0.25) is 4.98 Å². The van der Waals surface area contributed by atoms with Crippen molar-refractivity contribution in [1.29, 1.82) is 0 Å². The van der Waals surface area contributed by atoms with Gasteiger partial charge in [0.05, 0.1) is 18.9 Å². The second kappa shape index (κ2) is 5.82. The molecule has 2 aromatic heterocycles. The summed E-state index contributed by atoms with van der Waals surface area (Å²) in [6.07, 6.45) is 3.54. The molecule has 0 aliphatic rings. The van der Waals surface area contributed by atoms with Gasteiger partial charge in [0.25, 0.3) is 0 Å². The molecule has 18 heavy (non-hydrogen) atoms. The van der Waals surface area contributed by atoms with Gasteiger partial charge < -0.3 is 10.2 Å². The van der Waals surface area contributed by atoms with Crippen molar-refractivity contribution in [1.82, 2.24) is 9.97 Å². The Balaban J connectivity index is 2.23. The van der Waals surface area contributed by atoms with Crippen molar-refractivity contribution in [2.24, 2.45) is 0 Å². The Bertz CT molecular complexity index is 481. The van der Waals surface area contributed by atoms with E-state index in [-0.39, 0.29) is 0 Å². The highest BCUT2D eigenvalue weighted by Crippen LogP contribution is 2.20. The van der Waals surface area contributed by atoms with Gasteiger partial charge >= 0.3 is 0 Å². The molecule has 0 fully saturated rings. The van der Waals surface area contributed by atoms with Crippen molar-refractivity contribution < 1.29 is 0 Å². The third-order valence-electron chi connectivity index (χ3n) is 2.70. The number of hydrogen-bond acceptors (Lipinski definition) is 5. The number of aromatic nitrogens is 2. The summed E-state index contributed by atoms with van der Waals surface area (Å²) < 4.78 is 0. The van der Waals surface area contributed by atoms with E-state index in [0.29, 0.717) is 6.04 Å². The molecule has 2 rings (SSSR count). The zero-order chi connectivity index (χ0) is 13.0. The van der Waals surface area contributed by atoms with Gasteiger partial charge in [-0.2, -0.15) is 0 Å². The standard InChI is InChI=1S/C13H18N4S/c1-10(2)17(9-11-5-4-6-18-11)13-8-15-7-12(14-3)16-13/h4-8,10H,9H2,1-3H3,(H,14,16). The lowest BCUT2D eigenvalue weighted by molar-refractivity contribution is 0.675. The third-order valence-corrected chi connectivity index (χ3v) is 3.56. The van der Waals surface area contributed by atoms with Gasteiger partial charge in [0.1, 0.15) is 11.6 Å². The smallest absolute Gasteiger partial charge is 0.150 e. The number of nitrogens with zero attached hydrogens (tertiary/aromatic N) is 3. The van der Waals surface area contributed by atoms with Crippen LogP contribution in [-0.4, -0.2) is 23.1 Å². The fourth-order valence-corrected chi connectivity index (χ4v) is 2.42. The summed E-state index contributed by atoms with van der Waals surface area (Å²) in [4.78, 5) is 12.4. The molecule has 0 saturated heterocycles. The lowest BCUT2D eigenvalue weighted by Crippen LogP contribution is -2.30. The molecule has 0 unspecified atom stereocenters. The van der Waals surface area contributed by atoms with Crippen LogP contribution in [0.5, 0.6) is 0 Å². The maximum Gasteiger partial charge on any atom is 0.150 e. The van der Waals surface area contributed by atoms with Crippen LogP contribution >= 0.6 is 11.3 Å². The van der Waals surface area contributed by atoms with Gasteiger partial charge in [0.2, 0.25) is 0 Å². The molecule has 0 aromatic carbocycles. The first-order chi connectivity index (χ1) is 8.70. The Hall–Kier alpha value is -1.62. The van der Waals surface area contributed by atoms with Crippen LogP contribution < -0.4 is 10.2 Å². The Morgan fingerprint density at radius 2 is 2.22 bits per heavy atom. The molecule has 2 heterocycles. The zero-order valence-corrected chi connectivity index (χ0v) is 11.7. The van der Waals surface area contributed by atoms with Crippen molar-refractivity contribution in [2.45, 2.75) is 26.4 Å². The average Bonchev–Trinajstić information content (AvgIpc) is 2.88.